The fraction of sp³-hybridized carbons (Fsp3) is 0.571. The van der Waals surface area contributed by atoms with Gasteiger partial charge in [-0.1, -0.05) is 19.1 Å². The van der Waals surface area contributed by atoms with E-state index >= 15 is 0 Å². The molecule has 0 bridgehead atoms. The second-order valence-electron chi connectivity index (χ2n) is 4.44. The molecular formula is C14H20O2S. The Hall–Kier alpha value is -0.510. The summed E-state index contributed by atoms with van der Waals surface area (Å²) in [5.74, 6) is 1.04. The molecule has 3 heteroatoms. The highest BCUT2D eigenvalue weighted by Crippen LogP contribution is 2.25. The lowest BCUT2D eigenvalue weighted by Gasteiger charge is -2.10. The second kappa shape index (κ2) is 6.43. The summed E-state index contributed by atoms with van der Waals surface area (Å²) in [5, 5.41) is 9.70. The molecule has 0 saturated carbocycles. The first-order valence-corrected chi connectivity index (χ1v) is 7.30. The molecule has 0 spiro atoms. The molecule has 1 heterocycles. The highest BCUT2D eigenvalue weighted by atomic mass is 32.2. The number of rotatable bonds is 5. The van der Waals surface area contributed by atoms with E-state index in [2.05, 4.69) is 12.1 Å². The summed E-state index contributed by atoms with van der Waals surface area (Å²) in [6.45, 7) is 2.91. The van der Waals surface area contributed by atoms with Crippen LogP contribution in [-0.2, 0) is 4.74 Å². The maximum absolute atomic E-state index is 9.70. The Morgan fingerprint density at radius 1 is 1.41 bits per heavy atom. The van der Waals surface area contributed by atoms with E-state index in [4.69, 9.17) is 4.74 Å². The van der Waals surface area contributed by atoms with Crippen LogP contribution in [0.5, 0.6) is 0 Å². The predicted molar refractivity (Wildman–Crippen MR) is 71.4 cm³/mol. The second-order valence-corrected chi connectivity index (χ2v) is 5.53. The molecule has 0 aliphatic carbocycles. The van der Waals surface area contributed by atoms with Crippen molar-refractivity contribution < 1.29 is 9.84 Å². The molecule has 2 nitrogen and oxygen atoms in total. The number of ether oxygens (including phenoxy) is 1. The van der Waals surface area contributed by atoms with E-state index < -0.39 is 0 Å². The van der Waals surface area contributed by atoms with Gasteiger partial charge in [0.05, 0.1) is 12.2 Å². The summed E-state index contributed by atoms with van der Waals surface area (Å²) < 4.78 is 5.59. The van der Waals surface area contributed by atoms with Crippen LogP contribution in [0.25, 0.3) is 0 Å². The largest absolute Gasteiger partial charge is 0.388 e. The van der Waals surface area contributed by atoms with Gasteiger partial charge in [0.2, 0.25) is 0 Å². The predicted octanol–water partition coefficient (Wildman–Crippen LogP) is 3.40. The van der Waals surface area contributed by atoms with Crippen LogP contribution in [0.4, 0.5) is 0 Å². The van der Waals surface area contributed by atoms with Crippen molar-refractivity contribution in [3.05, 3.63) is 29.8 Å². The van der Waals surface area contributed by atoms with Crippen molar-refractivity contribution in [1.29, 1.82) is 0 Å². The van der Waals surface area contributed by atoms with Gasteiger partial charge in [-0.3, -0.25) is 0 Å². The number of aliphatic hydroxyl groups is 1. The van der Waals surface area contributed by atoms with Gasteiger partial charge in [-0.05, 0) is 37.0 Å². The van der Waals surface area contributed by atoms with Crippen LogP contribution in [0.1, 0.15) is 37.9 Å². The number of hydrogen-bond acceptors (Lipinski definition) is 3. The third-order valence-electron chi connectivity index (χ3n) is 3.11. The minimum atomic E-state index is -0.327. The van der Waals surface area contributed by atoms with Crippen molar-refractivity contribution in [2.24, 2.45) is 0 Å². The molecule has 1 aliphatic heterocycles. The molecule has 17 heavy (non-hydrogen) atoms. The van der Waals surface area contributed by atoms with E-state index in [9.17, 15) is 5.11 Å². The molecule has 0 aromatic heterocycles. The summed E-state index contributed by atoms with van der Waals surface area (Å²) >= 11 is 1.84. The van der Waals surface area contributed by atoms with Crippen LogP contribution in [0.15, 0.2) is 29.2 Å². The summed E-state index contributed by atoms with van der Waals surface area (Å²) in [5.41, 5.74) is 1.01. The van der Waals surface area contributed by atoms with Gasteiger partial charge in [0.15, 0.2) is 0 Å². The fourth-order valence-electron chi connectivity index (χ4n) is 1.99. The first-order valence-electron chi connectivity index (χ1n) is 6.32. The molecule has 0 amide bonds. The fourth-order valence-corrected chi connectivity index (χ4v) is 2.96. The van der Waals surface area contributed by atoms with Gasteiger partial charge >= 0.3 is 0 Å². The average Bonchev–Trinajstić information content (AvgIpc) is 2.89. The monoisotopic (exact) mass is 252 g/mol. The topological polar surface area (TPSA) is 29.5 Å². The van der Waals surface area contributed by atoms with Crippen LogP contribution in [0.2, 0.25) is 0 Å². The third kappa shape index (κ3) is 3.73. The molecule has 1 saturated heterocycles. The Morgan fingerprint density at radius 3 is 2.76 bits per heavy atom. The van der Waals surface area contributed by atoms with E-state index in [-0.39, 0.29) is 6.10 Å². The molecular weight excluding hydrogens is 232 g/mol. The molecule has 94 valence electrons. The highest BCUT2D eigenvalue weighted by Gasteiger charge is 2.15. The van der Waals surface area contributed by atoms with Crippen molar-refractivity contribution in [3.63, 3.8) is 0 Å². The average molecular weight is 252 g/mol. The SMILES string of the molecule is CCC(O)c1ccc(SCC2CCCO2)cc1. The summed E-state index contributed by atoms with van der Waals surface area (Å²) in [4.78, 5) is 1.26. The number of aliphatic hydroxyl groups excluding tert-OH is 1. The zero-order chi connectivity index (χ0) is 12.1. The van der Waals surface area contributed by atoms with Crippen LogP contribution in [0, 0.1) is 0 Å². The molecule has 2 rings (SSSR count). The Balaban J connectivity index is 1.84. The van der Waals surface area contributed by atoms with Gasteiger partial charge in [0, 0.05) is 17.3 Å². The first kappa shape index (κ1) is 12.9. The maximum Gasteiger partial charge on any atom is 0.0787 e. The third-order valence-corrected chi connectivity index (χ3v) is 4.26. The number of benzene rings is 1. The van der Waals surface area contributed by atoms with Crippen LogP contribution < -0.4 is 0 Å². The molecule has 2 unspecified atom stereocenters. The van der Waals surface area contributed by atoms with Crippen LogP contribution in [-0.4, -0.2) is 23.6 Å². The Kier molecular flexibility index (Phi) is 4.89. The smallest absolute Gasteiger partial charge is 0.0787 e. The van der Waals surface area contributed by atoms with Gasteiger partial charge in [-0.2, -0.15) is 0 Å². The van der Waals surface area contributed by atoms with Crippen molar-refractivity contribution in [2.75, 3.05) is 12.4 Å². The zero-order valence-electron chi connectivity index (χ0n) is 10.3. The molecule has 1 aliphatic rings. The normalized spacial score (nSPS) is 21.6. The zero-order valence-corrected chi connectivity index (χ0v) is 11.1. The number of thioether (sulfide) groups is 1. The lowest BCUT2D eigenvalue weighted by Crippen LogP contribution is -2.07. The highest BCUT2D eigenvalue weighted by molar-refractivity contribution is 7.99. The Labute approximate surface area is 107 Å². The van der Waals surface area contributed by atoms with Crippen molar-refractivity contribution in [3.8, 4) is 0 Å². The first-order chi connectivity index (χ1) is 8.29. The van der Waals surface area contributed by atoms with Gasteiger partial charge in [0.25, 0.3) is 0 Å². The summed E-state index contributed by atoms with van der Waals surface area (Å²) in [6, 6.07) is 8.22. The summed E-state index contributed by atoms with van der Waals surface area (Å²) in [6.07, 6.45) is 3.27. The Bertz CT molecular complexity index is 331. The van der Waals surface area contributed by atoms with Gasteiger partial charge < -0.3 is 9.84 Å². The van der Waals surface area contributed by atoms with Crippen LogP contribution in [0.3, 0.4) is 0 Å². The van der Waals surface area contributed by atoms with Crippen molar-refractivity contribution >= 4 is 11.8 Å². The maximum atomic E-state index is 9.70. The quantitative estimate of drug-likeness (QED) is 0.814. The van der Waals surface area contributed by atoms with Crippen molar-refractivity contribution in [1.82, 2.24) is 0 Å². The lowest BCUT2D eigenvalue weighted by molar-refractivity contribution is 0.129. The standard InChI is InChI=1S/C14H20O2S/c1-2-14(15)11-5-7-13(8-6-11)17-10-12-4-3-9-16-12/h5-8,12,14-15H,2-4,9-10H2,1H3. The molecule has 1 aromatic carbocycles. The minimum Gasteiger partial charge on any atom is -0.388 e. The lowest BCUT2D eigenvalue weighted by atomic mass is 10.1. The van der Waals surface area contributed by atoms with Crippen LogP contribution >= 0.6 is 11.8 Å². The van der Waals surface area contributed by atoms with Gasteiger partial charge in [0.1, 0.15) is 0 Å². The molecule has 2 atom stereocenters. The van der Waals surface area contributed by atoms with Gasteiger partial charge in [-0.15, -0.1) is 11.8 Å². The van der Waals surface area contributed by atoms with E-state index in [0.29, 0.717) is 6.10 Å². The molecule has 0 radical (unpaired) electrons. The van der Waals surface area contributed by atoms with Crippen molar-refractivity contribution in [2.45, 2.75) is 43.3 Å². The summed E-state index contributed by atoms with van der Waals surface area (Å²) in [7, 11) is 0. The van der Waals surface area contributed by atoms with E-state index in [1.165, 1.54) is 17.7 Å². The molecule has 1 fully saturated rings. The van der Waals surface area contributed by atoms with E-state index in [1.54, 1.807) is 0 Å². The number of hydrogen-bond donors (Lipinski definition) is 1. The molecule has 1 N–H and O–H groups in total. The Morgan fingerprint density at radius 2 is 2.18 bits per heavy atom. The van der Waals surface area contributed by atoms with Gasteiger partial charge in [-0.25, -0.2) is 0 Å². The molecule has 1 aromatic rings. The van der Waals surface area contributed by atoms with E-state index in [0.717, 1.165) is 24.3 Å². The minimum absolute atomic E-state index is 0.327. The van der Waals surface area contributed by atoms with E-state index in [1.807, 2.05) is 30.8 Å².